The van der Waals surface area contributed by atoms with E-state index in [1.165, 1.54) is 17.9 Å². The Kier molecular flexibility index (Phi) is 2.28. The third-order valence-electron chi connectivity index (χ3n) is 1.24. The number of hydrogen-bond donors (Lipinski definition) is 1. The number of nitrogens with zero attached hydrogens (tertiary/aromatic N) is 3. The summed E-state index contributed by atoms with van der Waals surface area (Å²) in [5.74, 6) is 0. The van der Waals surface area contributed by atoms with E-state index in [9.17, 15) is 0 Å². The van der Waals surface area contributed by atoms with Gasteiger partial charge in [-0.2, -0.15) is 4.37 Å². The minimum atomic E-state index is 0.729. The first-order valence-electron chi connectivity index (χ1n) is 3.34. The number of hydrogen-bond acceptors (Lipinski definition) is 6. The minimum Gasteiger partial charge on any atom is -0.354 e. The van der Waals surface area contributed by atoms with Crippen LogP contribution in [0.2, 0.25) is 0 Å². The van der Waals surface area contributed by atoms with E-state index in [-0.39, 0.29) is 0 Å². The maximum Gasteiger partial charge on any atom is 0.202 e. The summed E-state index contributed by atoms with van der Waals surface area (Å²) < 4.78 is 3.87. The van der Waals surface area contributed by atoms with Crippen LogP contribution in [0.5, 0.6) is 0 Å². The van der Waals surface area contributed by atoms with Crippen molar-refractivity contribution in [2.24, 2.45) is 0 Å². The van der Waals surface area contributed by atoms with Crippen molar-refractivity contribution in [2.45, 2.75) is 6.54 Å². The van der Waals surface area contributed by atoms with Crippen molar-refractivity contribution in [3.8, 4) is 0 Å². The van der Waals surface area contributed by atoms with Crippen LogP contribution in [-0.4, -0.2) is 14.3 Å². The van der Waals surface area contributed by atoms with E-state index >= 15 is 0 Å². The molecule has 1 N–H and O–H groups in total. The van der Waals surface area contributed by atoms with Crippen molar-refractivity contribution in [3.63, 3.8) is 0 Å². The van der Waals surface area contributed by atoms with Crippen LogP contribution in [0.25, 0.3) is 0 Å². The SMILES string of the molecule is c1csc(CNc2ncns2)n1. The van der Waals surface area contributed by atoms with Crippen molar-refractivity contribution in [2.75, 3.05) is 5.32 Å². The average Bonchev–Trinajstić information content (AvgIpc) is 2.74. The molecule has 0 unspecified atom stereocenters. The third kappa shape index (κ3) is 1.77. The summed E-state index contributed by atoms with van der Waals surface area (Å²) in [4.78, 5) is 8.12. The summed E-state index contributed by atoms with van der Waals surface area (Å²) in [6.45, 7) is 0.729. The Morgan fingerprint density at radius 1 is 1.42 bits per heavy atom. The minimum absolute atomic E-state index is 0.729. The molecule has 4 nitrogen and oxygen atoms in total. The van der Waals surface area contributed by atoms with Gasteiger partial charge < -0.3 is 5.32 Å². The van der Waals surface area contributed by atoms with Gasteiger partial charge in [-0.25, -0.2) is 9.97 Å². The van der Waals surface area contributed by atoms with E-state index in [0.717, 1.165) is 16.7 Å². The predicted molar refractivity (Wildman–Crippen MR) is 49.3 cm³/mol. The number of rotatable bonds is 3. The molecule has 2 aromatic rings. The summed E-state index contributed by atoms with van der Waals surface area (Å²) in [6, 6.07) is 0. The lowest BCUT2D eigenvalue weighted by molar-refractivity contribution is 1.09. The molecule has 0 saturated heterocycles. The zero-order valence-electron chi connectivity index (χ0n) is 6.10. The van der Waals surface area contributed by atoms with Gasteiger partial charge in [0.2, 0.25) is 5.13 Å². The Balaban J connectivity index is 1.91. The van der Waals surface area contributed by atoms with Crippen LogP contribution in [0.1, 0.15) is 5.01 Å². The van der Waals surface area contributed by atoms with Crippen LogP contribution in [0, 0.1) is 0 Å². The van der Waals surface area contributed by atoms with Gasteiger partial charge in [0.05, 0.1) is 6.54 Å². The largest absolute Gasteiger partial charge is 0.354 e. The molecular weight excluding hydrogens is 192 g/mol. The van der Waals surface area contributed by atoms with Crippen LogP contribution in [0.15, 0.2) is 17.9 Å². The van der Waals surface area contributed by atoms with Gasteiger partial charge >= 0.3 is 0 Å². The molecule has 0 aliphatic rings. The highest BCUT2D eigenvalue weighted by Crippen LogP contribution is 2.10. The summed E-state index contributed by atoms with van der Waals surface area (Å²) in [6.07, 6.45) is 3.33. The lowest BCUT2D eigenvalue weighted by Crippen LogP contribution is -1.97. The molecule has 0 aliphatic carbocycles. The fraction of sp³-hybridized carbons (Fsp3) is 0.167. The van der Waals surface area contributed by atoms with Gasteiger partial charge in [0.15, 0.2) is 0 Å². The second-order valence-corrected chi connectivity index (χ2v) is 3.79. The topological polar surface area (TPSA) is 50.7 Å². The maximum atomic E-state index is 4.13. The second-order valence-electron chi connectivity index (χ2n) is 2.03. The molecule has 2 rings (SSSR count). The Hall–Kier alpha value is -1.01. The van der Waals surface area contributed by atoms with Gasteiger partial charge in [-0.3, -0.25) is 0 Å². The molecule has 6 heteroatoms. The van der Waals surface area contributed by atoms with Crippen molar-refractivity contribution in [3.05, 3.63) is 22.9 Å². The van der Waals surface area contributed by atoms with Gasteiger partial charge in [0.1, 0.15) is 11.3 Å². The molecule has 0 spiro atoms. The first-order chi connectivity index (χ1) is 5.95. The van der Waals surface area contributed by atoms with Gasteiger partial charge in [0, 0.05) is 23.1 Å². The highest BCUT2D eigenvalue weighted by atomic mass is 32.1. The van der Waals surface area contributed by atoms with Gasteiger partial charge in [0.25, 0.3) is 0 Å². The van der Waals surface area contributed by atoms with E-state index in [4.69, 9.17) is 0 Å². The molecule has 0 bridgehead atoms. The zero-order valence-corrected chi connectivity index (χ0v) is 7.73. The van der Waals surface area contributed by atoms with Crippen LogP contribution in [-0.2, 0) is 6.54 Å². The molecule has 0 saturated carbocycles. The first-order valence-corrected chi connectivity index (χ1v) is 4.99. The third-order valence-corrected chi connectivity index (χ3v) is 2.64. The van der Waals surface area contributed by atoms with Crippen molar-refractivity contribution < 1.29 is 0 Å². The van der Waals surface area contributed by atoms with Crippen LogP contribution in [0.3, 0.4) is 0 Å². The second kappa shape index (κ2) is 3.59. The fourth-order valence-electron chi connectivity index (χ4n) is 0.742. The standard InChI is InChI=1S/C6H6N4S2/c1-2-11-5(7-1)3-8-6-9-4-10-12-6/h1-2,4H,3H2,(H,8,9,10). The number of thiazole rings is 1. The van der Waals surface area contributed by atoms with E-state index < -0.39 is 0 Å². The normalized spacial score (nSPS) is 10.0. The summed E-state index contributed by atoms with van der Waals surface area (Å²) >= 11 is 2.98. The molecule has 2 aromatic heterocycles. The summed E-state index contributed by atoms with van der Waals surface area (Å²) in [7, 11) is 0. The molecule has 0 aromatic carbocycles. The predicted octanol–water partition coefficient (Wildman–Crippen LogP) is 1.61. The van der Waals surface area contributed by atoms with Crippen molar-refractivity contribution in [1.29, 1.82) is 0 Å². The first kappa shape index (κ1) is 7.63. The highest BCUT2D eigenvalue weighted by molar-refractivity contribution is 7.10. The molecule has 0 atom stereocenters. The van der Waals surface area contributed by atoms with E-state index in [1.54, 1.807) is 17.5 Å². The Bertz CT molecular complexity index is 281. The molecule has 0 radical (unpaired) electrons. The molecule has 12 heavy (non-hydrogen) atoms. The zero-order chi connectivity index (χ0) is 8.23. The van der Waals surface area contributed by atoms with Gasteiger partial charge in [-0.05, 0) is 0 Å². The van der Waals surface area contributed by atoms with Crippen LogP contribution in [0.4, 0.5) is 5.13 Å². The van der Waals surface area contributed by atoms with Crippen LogP contribution >= 0.6 is 22.9 Å². The average molecular weight is 198 g/mol. The van der Waals surface area contributed by atoms with E-state index in [0.29, 0.717) is 0 Å². The van der Waals surface area contributed by atoms with E-state index in [2.05, 4.69) is 19.7 Å². The van der Waals surface area contributed by atoms with Gasteiger partial charge in [-0.1, -0.05) is 0 Å². The molecule has 62 valence electrons. The number of nitrogens with one attached hydrogen (secondary N) is 1. The summed E-state index contributed by atoms with van der Waals surface area (Å²) in [5, 5.41) is 6.97. The number of aromatic nitrogens is 3. The molecule has 0 fully saturated rings. The molecule has 0 aliphatic heterocycles. The maximum absolute atomic E-state index is 4.13. The smallest absolute Gasteiger partial charge is 0.202 e. The lowest BCUT2D eigenvalue weighted by atomic mass is 10.7. The summed E-state index contributed by atoms with van der Waals surface area (Å²) in [5.41, 5.74) is 0. The highest BCUT2D eigenvalue weighted by Gasteiger charge is 1.97. The van der Waals surface area contributed by atoms with E-state index in [1.807, 2.05) is 5.38 Å². The van der Waals surface area contributed by atoms with Crippen LogP contribution < -0.4 is 5.32 Å². The Morgan fingerprint density at radius 3 is 3.08 bits per heavy atom. The van der Waals surface area contributed by atoms with Gasteiger partial charge in [-0.15, -0.1) is 11.3 Å². The monoisotopic (exact) mass is 198 g/mol. The fourth-order valence-corrected chi connectivity index (χ4v) is 1.72. The Labute approximate surface area is 77.5 Å². The Morgan fingerprint density at radius 2 is 2.42 bits per heavy atom. The molecular formula is C6H6N4S2. The quantitative estimate of drug-likeness (QED) is 0.814. The lowest BCUT2D eigenvalue weighted by Gasteiger charge is -1.95. The number of anilines is 1. The van der Waals surface area contributed by atoms with Crippen molar-refractivity contribution >= 4 is 28.0 Å². The molecule has 2 heterocycles. The molecule has 0 amide bonds. The van der Waals surface area contributed by atoms with Crippen molar-refractivity contribution in [1.82, 2.24) is 14.3 Å².